The summed E-state index contributed by atoms with van der Waals surface area (Å²) in [5, 5.41) is 1.77. The molecule has 0 radical (unpaired) electrons. The van der Waals surface area contributed by atoms with Crippen LogP contribution in [0.3, 0.4) is 0 Å². The Labute approximate surface area is 116 Å². The number of hydrogen-bond donors (Lipinski definition) is 0. The van der Waals surface area contributed by atoms with Crippen molar-refractivity contribution in [2.24, 2.45) is 0 Å². The van der Waals surface area contributed by atoms with Gasteiger partial charge in [0, 0.05) is 11.4 Å². The number of thiophene rings is 1. The quantitative estimate of drug-likeness (QED) is 0.779. The first-order chi connectivity index (χ1) is 9.22. The summed E-state index contributed by atoms with van der Waals surface area (Å²) in [4.78, 5) is 12.3. The number of carbonyl (C=O) groups excluding carboxylic acids is 1. The first-order valence-electron chi connectivity index (χ1n) is 5.74. The highest BCUT2D eigenvalue weighted by molar-refractivity contribution is 7.12. The lowest BCUT2D eigenvalue weighted by Gasteiger charge is -2.03. The zero-order chi connectivity index (χ0) is 13.7. The number of benzene rings is 1. The molecule has 0 aliphatic heterocycles. The SMILES string of the molecule is C=Cc1ccc(COC(=O)c2cc(OC)cs2)cc1. The normalized spacial score (nSPS) is 9.95. The van der Waals surface area contributed by atoms with E-state index in [4.69, 9.17) is 9.47 Å². The fourth-order valence-corrected chi connectivity index (χ4v) is 2.25. The Kier molecular flexibility index (Phi) is 4.36. The number of rotatable bonds is 5. The molecule has 0 spiro atoms. The van der Waals surface area contributed by atoms with Crippen molar-refractivity contribution in [3.05, 3.63) is 58.3 Å². The highest BCUT2D eigenvalue weighted by Gasteiger charge is 2.11. The summed E-state index contributed by atoms with van der Waals surface area (Å²) >= 11 is 1.31. The van der Waals surface area contributed by atoms with Crippen LogP contribution in [0.25, 0.3) is 6.08 Å². The van der Waals surface area contributed by atoms with Crippen molar-refractivity contribution < 1.29 is 14.3 Å². The van der Waals surface area contributed by atoms with Crippen LogP contribution < -0.4 is 4.74 Å². The molecule has 0 unspecified atom stereocenters. The van der Waals surface area contributed by atoms with E-state index in [9.17, 15) is 4.79 Å². The van der Waals surface area contributed by atoms with Gasteiger partial charge in [-0.25, -0.2) is 4.79 Å². The van der Waals surface area contributed by atoms with E-state index in [0.29, 0.717) is 10.6 Å². The molecule has 0 saturated carbocycles. The number of ether oxygens (including phenoxy) is 2. The molecular formula is C15H14O3S. The minimum absolute atomic E-state index is 0.260. The number of methoxy groups -OCH3 is 1. The molecule has 1 aromatic heterocycles. The van der Waals surface area contributed by atoms with Crippen LogP contribution in [0.2, 0.25) is 0 Å². The summed E-state index contributed by atoms with van der Waals surface area (Å²) < 4.78 is 10.3. The summed E-state index contributed by atoms with van der Waals surface area (Å²) in [5.41, 5.74) is 1.99. The number of hydrogen-bond acceptors (Lipinski definition) is 4. The maximum absolute atomic E-state index is 11.8. The third kappa shape index (κ3) is 3.45. The first kappa shape index (κ1) is 13.4. The molecule has 2 rings (SSSR count). The Morgan fingerprint density at radius 2 is 2.11 bits per heavy atom. The highest BCUT2D eigenvalue weighted by Crippen LogP contribution is 2.22. The standard InChI is InChI=1S/C15H14O3S/c1-3-11-4-6-12(7-5-11)9-18-15(16)14-8-13(17-2)10-19-14/h3-8,10H,1,9H2,2H3. The van der Waals surface area contributed by atoms with Crippen molar-refractivity contribution in [1.82, 2.24) is 0 Å². The summed E-state index contributed by atoms with van der Waals surface area (Å²) in [5.74, 6) is 0.341. The molecule has 98 valence electrons. The molecule has 0 saturated heterocycles. The fourth-order valence-electron chi connectivity index (χ4n) is 1.50. The van der Waals surface area contributed by atoms with Crippen LogP contribution in [0.1, 0.15) is 20.8 Å². The summed E-state index contributed by atoms with van der Waals surface area (Å²) in [6, 6.07) is 9.38. The van der Waals surface area contributed by atoms with Gasteiger partial charge < -0.3 is 9.47 Å². The van der Waals surface area contributed by atoms with E-state index in [2.05, 4.69) is 6.58 Å². The van der Waals surface area contributed by atoms with Crippen molar-refractivity contribution >= 4 is 23.4 Å². The lowest BCUT2D eigenvalue weighted by molar-refractivity contribution is 0.0478. The molecule has 0 aliphatic rings. The second-order valence-electron chi connectivity index (χ2n) is 3.87. The lowest BCUT2D eigenvalue weighted by Crippen LogP contribution is -2.03. The molecule has 0 N–H and O–H groups in total. The van der Waals surface area contributed by atoms with Crippen molar-refractivity contribution in [3.8, 4) is 5.75 Å². The molecule has 0 fully saturated rings. The predicted molar refractivity (Wildman–Crippen MR) is 76.5 cm³/mol. The van der Waals surface area contributed by atoms with Crippen LogP contribution in [0.5, 0.6) is 5.75 Å². The Morgan fingerprint density at radius 3 is 2.68 bits per heavy atom. The van der Waals surface area contributed by atoms with Crippen LogP contribution in [0.4, 0.5) is 0 Å². The van der Waals surface area contributed by atoms with Crippen molar-refractivity contribution in [1.29, 1.82) is 0 Å². The molecule has 2 aromatic rings. The lowest BCUT2D eigenvalue weighted by atomic mass is 10.1. The third-order valence-corrected chi connectivity index (χ3v) is 3.49. The van der Waals surface area contributed by atoms with Gasteiger partial charge in [0.25, 0.3) is 0 Å². The molecule has 4 heteroatoms. The molecule has 1 heterocycles. The van der Waals surface area contributed by atoms with Crippen LogP contribution >= 0.6 is 11.3 Å². The average Bonchev–Trinajstić information content (AvgIpc) is 2.94. The van der Waals surface area contributed by atoms with Crippen molar-refractivity contribution in [3.63, 3.8) is 0 Å². The van der Waals surface area contributed by atoms with Gasteiger partial charge in [0.1, 0.15) is 17.2 Å². The summed E-state index contributed by atoms with van der Waals surface area (Å²) in [6.07, 6.45) is 1.77. The Balaban J connectivity index is 1.93. The van der Waals surface area contributed by atoms with Gasteiger partial charge in [0.2, 0.25) is 0 Å². The van der Waals surface area contributed by atoms with Crippen LogP contribution in [0, 0.1) is 0 Å². The first-order valence-corrected chi connectivity index (χ1v) is 6.62. The Bertz CT molecular complexity index is 569. The van der Waals surface area contributed by atoms with Crippen molar-refractivity contribution in [2.75, 3.05) is 7.11 Å². The van der Waals surface area contributed by atoms with Gasteiger partial charge >= 0.3 is 5.97 Å². The zero-order valence-electron chi connectivity index (χ0n) is 10.6. The molecule has 0 aliphatic carbocycles. The number of esters is 1. The second kappa shape index (κ2) is 6.20. The molecule has 0 atom stereocenters. The fraction of sp³-hybridized carbons (Fsp3) is 0.133. The van der Waals surface area contributed by atoms with Gasteiger partial charge in [-0.1, -0.05) is 36.9 Å². The van der Waals surface area contributed by atoms with Gasteiger partial charge in [-0.15, -0.1) is 11.3 Å². The topological polar surface area (TPSA) is 35.5 Å². The van der Waals surface area contributed by atoms with Crippen LogP contribution in [-0.4, -0.2) is 13.1 Å². The van der Waals surface area contributed by atoms with Gasteiger partial charge in [0.05, 0.1) is 7.11 Å². The van der Waals surface area contributed by atoms with Gasteiger partial charge in [-0.2, -0.15) is 0 Å². The highest BCUT2D eigenvalue weighted by atomic mass is 32.1. The van der Waals surface area contributed by atoms with Crippen LogP contribution in [0.15, 0.2) is 42.3 Å². The smallest absolute Gasteiger partial charge is 0.348 e. The monoisotopic (exact) mass is 274 g/mol. The molecule has 1 aromatic carbocycles. The van der Waals surface area contributed by atoms with Crippen molar-refractivity contribution in [2.45, 2.75) is 6.61 Å². The minimum Gasteiger partial charge on any atom is -0.496 e. The van der Waals surface area contributed by atoms with Gasteiger partial charge in [-0.3, -0.25) is 0 Å². The van der Waals surface area contributed by atoms with Crippen LogP contribution in [-0.2, 0) is 11.3 Å². The molecular weight excluding hydrogens is 260 g/mol. The minimum atomic E-state index is -0.332. The van der Waals surface area contributed by atoms with E-state index in [1.807, 2.05) is 24.3 Å². The van der Waals surface area contributed by atoms with E-state index >= 15 is 0 Å². The van der Waals surface area contributed by atoms with E-state index in [0.717, 1.165) is 11.1 Å². The van der Waals surface area contributed by atoms with Gasteiger partial charge in [-0.05, 0) is 11.1 Å². The predicted octanol–water partition coefficient (Wildman–Crippen LogP) is 3.76. The molecule has 19 heavy (non-hydrogen) atoms. The second-order valence-corrected chi connectivity index (χ2v) is 4.78. The zero-order valence-corrected chi connectivity index (χ0v) is 11.4. The van der Waals surface area contributed by atoms with E-state index < -0.39 is 0 Å². The Morgan fingerprint density at radius 1 is 1.37 bits per heavy atom. The molecule has 0 amide bonds. The van der Waals surface area contributed by atoms with Gasteiger partial charge in [0.15, 0.2) is 0 Å². The largest absolute Gasteiger partial charge is 0.496 e. The average molecular weight is 274 g/mol. The van der Waals surface area contributed by atoms with E-state index in [1.165, 1.54) is 11.3 Å². The third-order valence-electron chi connectivity index (χ3n) is 2.60. The molecule has 0 bridgehead atoms. The number of carbonyl (C=O) groups is 1. The summed E-state index contributed by atoms with van der Waals surface area (Å²) in [6.45, 7) is 3.95. The Hall–Kier alpha value is -2.07. The summed E-state index contributed by atoms with van der Waals surface area (Å²) in [7, 11) is 1.57. The maximum atomic E-state index is 11.8. The van der Waals surface area contributed by atoms with E-state index in [-0.39, 0.29) is 12.6 Å². The maximum Gasteiger partial charge on any atom is 0.348 e. The van der Waals surface area contributed by atoms with E-state index in [1.54, 1.807) is 24.6 Å². The molecule has 3 nitrogen and oxygen atoms in total.